The number of non-ortho nitro benzene ring substituents is 1. The van der Waals surface area contributed by atoms with Gasteiger partial charge in [-0.2, -0.15) is 5.10 Å². The highest BCUT2D eigenvalue weighted by atomic mass is 35.5. The van der Waals surface area contributed by atoms with Crippen molar-refractivity contribution in [1.82, 2.24) is 14.8 Å². The van der Waals surface area contributed by atoms with Crippen LogP contribution in [0.3, 0.4) is 0 Å². The molecule has 9 heteroatoms. The van der Waals surface area contributed by atoms with Crippen LogP contribution in [0.5, 0.6) is 0 Å². The number of rotatable bonds is 4. The first kappa shape index (κ1) is 18.6. The van der Waals surface area contributed by atoms with E-state index in [9.17, 15) is 10.1 Å². The van der Waals surface area contributed by atoms with Gasteiger partial charge in [0.15, 0.2) is 0 Å². The molecule has 4 rings (SSSR count). The van der Waals surface area contributed by atoms with Crippen molar-refractivity contribution >= 4 is 62.6 Å². The second-order valence-electron chi connectivity index (χ2n) is 5.98. The monoisotopic (exact) mass is 430 g/mol. The Morgan fingerprint density at radius 3 is 2.75 bits per heavy atom. The third-order valence-corrected chi connectivity index (χ3v) is 5.67. The van der Waals surface area contributed by atoms with Crippen molar-refractivity contribution in [3.05, 3.63) is 79.0 Å². The zero-order valence-electron chi connectivity index (χ0n) is 14.5. The molecule has 0 aliphatic rings. The number of thiazole rings is 1. The average molecular weight is 431 g/mol. The summed E-state index contributed by atoms with van der Waals surface area (Å²) >= 11 is 14.0. The van der Waals surface area contributed by atoms with Gasteiger partial charge < -0.3 is 0 Å². The lowest BCUT2D eigenvalue weighted by Crippen LogP contribution is -1.96. The van der Waals surface area contributed by atoms with Gasteiger partial charge in [0.1, 0.15) is 10.2 Å². The lowest BCUT2D eigenvalue weighted by Gasteiger charge is -2.03. The Hall–Kier alpha value is -2.74. The minimum absolute atomic E-state index is 0.0494. The van der Waals surface area contributed by atoms with E-state index in [2.05, 4.69) is 10.1 Å². The van der Waals surface area contributed by atoms with Crippen LogP contribution in [0.1, 0.15) is 16.3 Å². The summed E-state index contributed by atoms with van der Waals surface area (Å²) in [6, 6.07) is 11.9. The van der Waals surface area contributed by atoms with E-state index < -0.39 is 4.92 Å². The number of hydrogen-bond acceptors (Lipinski definition) is 5. The molecule has 0 unspecified atom stereocenters. The molecule has 6 nitrogen and oxygen atoms in total. The molecule has 0 N–H and O–H groups in total. The number of fused-ring (bicyclic) bond motifs is 1. The summed E-state index contributed by atoms with van der Waals surface area (Å²) in [5, 5.41) is 17.2. The molecule has 28 heavy (non-hydrogen) atoms. The Morgan fingerprint density at radius 2 is 2.00 bits per heavy atom. The lowest BCUT2D eigenvalue weighted by molar-refractivity contribution is -0.384. The van der Waals surface area contributed by atoms with Gasteiger partial charge in [0, 0.05) is 22.7 Å². The fourth-order valence-corrected chi connectivity index (χ4v) is 4.17. The molecule has 0 fully saturated rings. The highest BCUT2D eigenvalue weighted by Crippen LogP contribution is 2.29. The fraction of sp³-hybridized carbons (Fsp3) is 0.0526. The molecule has 2 heterocycles. The Morgan fingerprint density at radius 1 is 1.18 bits per heavy atom. The van der Waals surface area contributed by atoms with Crippen molar-refractivity contribution in [3.63, 3.8) is 0 Å². The number of aromatic nitrogens is 3. The second-order valence-corrected chi connectivity index (χ2v) is 7.83. The predicted molar refractivity (Wildman–Crippen MR) is 114 cm³/mol. The third-order valence-electron chi connectivity index (χ3n) is 4.09. The smallest absolute Gasteiger partial charge is 0.258 e. The van der Waals surface area contributed by atoms with Gasteiger partial charge in [0.05, 0.1) is 26.5 Å². The Bertz CT molecular complexity index is 1250. The van der Waals surface area contributed by atoms with Crippen molar-refractivity contribution in [2.24, 2.45) is 0 Å². The van der Waals surface area contributed by atoms with Gasteiger partial charge in [0.2, 0.25) is 0 Å². The van der Waals surface area contributed by atoms with Gasteiger partial charge in [-0.3, -0.25) is 10.1 Å². The molecule has 0 saturated heterocycles. The van der Waals surface area contributed by atoms with Gasteiger partial charge in [-0.05, 0) is 43.3 Å². The van der Waals surface area contributed by atoms with Crippen LogP contribution < -0.4 is 0 Å². The normalized spacial score (nSPS) is 11.5. The summed E-state index contributed by atoms with van der Waals surface area (Å²) < 4.78 is 2.38. The van der Waals surface area contributed by atoms with E-state index in [1.54, 1.807) is 22.9 Å². The van der Waals surface area contributed by atoms with Crippen molar-refractivity contribution in [2.75, 3.05) is 0 Å². The number of benzene rings is 2. The summed E-state index contributed by atoms with van der Waals surface area (Å²) in [6.07, 6.45) is 3.67. The van der Waals surface area contributed by atoms with E-state index >= 15 is 0 Å². The minimum Gasteiger partial charge on any atom is -0.258 e. The number of nitrogens with zero attached hydrogens (tertiary/aromatic N) is 4. The van der Waals surface area contributed by atoms with Crippen LogP contribution in [-0.2, 0) is 0 Å². The van der Waals surface area contributed by atoms with E-state index in [1.807, 2.05) is 31.2 Å². The van der Waals surface area contributed by atoms with Crippen LogP contribution in [-0.4, -0.2) is 19.7 Å². The van der Waals surface area contributed by atoms with Crippen LogP contribution in [0.2, 0.25) is 10.2 Å². The number of halogens is 2. The minimum atomic E-state index is -0.415. The number of aryl methyl sites for hydroxylation is 1. The molecule has 4 aromatic rings. The average Bonchev–Trinajstić information content (AvgIpc) is 3.19. The van der Waals surface area contributed by atoms with Crippen LogP contribution in [0.4, 0.5) is 5.69 Å². The molecule has 0 amide bonds. The topological polar surface area (TPSA) is 73.8 Å². The van der Waals surface area contributed by atoms with E-state index in [4.69, 9.17) is 23.2 Å². The third kappa shape index (κ3) is 3.52. The Labute approximate surface area is 173 Å². The summed E-state index contributed by atoms with van der Waals surface area (Å²) in [7, 11) is 0. The highest BCUT2D eigenvalue weighted by Gasteiger charge is 2.14. The van der Waals surface area contributed by atoms with Gasteiger partial charge in [-0.1, -0.05) is 29.3 Å². The zero-order chi connectivity index (χ0) is 19.8. The molecular weight excluding hydrogens is 419 g/mol. The first-order valence-electron chi connectivity index (χ1n) is 8.16. The fourth-order valence-electron chi connectivity index (χ4n) is 2.75. The lowest BCUT2D eigenvalue weighted by atomic mass is 10.2. The van der Waals surface area contributed by atoms with Crippen molar-refractivity contribution in [3.8, 4) is 5.69 Å². The predicted octanol–water partition coefficient (Wildman–Crippen LogP) is 6.18. The number of nitro benzene ring substituents is 1. The van der Waals surface area contributed by atoms with Crippen LogP contribution in [0.15, 0.2) is 42.5 Å². The molecule has 0 aliphatic carbocycles. The largest absolute Gasteiger partial charge is 0.270 e. The van der Waals surface area contributed by atoms with Crippen molar-refractivity contribution < 1.29 is 4.92 Å². The van der Waals surface area contributed by atoms with E-state index in [0.717, 1.165) is 26.7 Å². The van der Waals surface area contributed by atoms with Crippen molar-refractivity contribution in [1.29, 1.82) is 0 Å². The number of hydrogen-bond donors (Lipinski definition) is 0. The Balaban J connectivity index is 1.68. The SMILES string of the molecule is Cc1nn(-c2cccc(Cl)c2)c(Cl)c1C=Cc1nc2ccc([N+](=O)[O-])cc2s1. The molecule has 0 radical (unpaired) electrons. The quantitative estimate of drug-likeness (QED) is 0.286. The van der Waals surface area contributed by atoms with Gasteiger partial charge >= 0.3 is 0 Å². The van der Waals surface area contributed by atoms with Gasteiger partial charge in [-0.25, -0.2) is 9.67 Å². The maximum absolute atomic E-state index is 10.9. The molecule has 0 spiro atoms. The molecule has 0 atom stereocenters. The molecule has 140 valence electrons. The summed E-state index contributed by atoms with van der Waals surface area (Å²) in [5.41, 5.74) is 3.07. The maximum Gasteiger partial charge on any atom is 0.270 e. The van der Waals surface area contributed by atoms with Crippen LogP contribution in [0.25, 0.3) is 28.1 Å². The molecule has 2 aromatic heterocycles. The highest BCUT2D eigenvalue weighted by molar-refractivity contribution is 7.19. The molecule has 0 aliphatic heterocycles. The van der Waals surface area contributed by atoms with Gasteiger partial charge in [-0.15, -0.1) is 11.3 Å². The zero-order valence-corrected chi connectivity index (χ0v) is 16.8. The molecule has 0 bridgehead atoms. The first-order chi connectivity index (χ1) is 13.4. The van der Waals surface area contributed by atoms with E-state index in [-0.39, 0.29) is 5.69 Å². The number of nitro groups is 1. The van der Waals surface area contributed by atoms with E-state index in [1.165, 1.54) is 23.5 Å². The molecule has 2 aromatic carbocycles. The Kier molecular flexibility index (Phi) is 4.89. The standard InChI is InChI=1S/C19H12Cl2N4O2S/c1-11-15(19(21)24(23-11)13-4-2-3-12(20)9-13)6-8-18-22-16-7-5-14(25(26)27)10-17(16)28-18/h2-10H,1H3. The van der Waals surface area contributed by atoms with E-state index in [0.29, 0.717) is 15.7 Å². The summed E-state index contributed by atoms with van der Waals surface area (Å²) in [6.45, 7) is 1.87. The van der Waals surface area contributed by atoms with Crippen molar-refractivity contribution in [2.45, 2.75) is 6.92 Å². The molecular formula is C19H12Cl2N4O2S. The first-order valence-corrected chi connectivity index (χ1v) is 9.74. The maximum atomic E-state index is 10.9. The van der Waals surface area contributed by atoms with Crippen LogP contribution in [0, 0.1) is 17.0 Å². The van der Waals surface area contributed by atoms with Gasteiger partial charge in [0.25, 0.3) is 5.69 Å². The summed E-state index contributed by atoms with van der Waals surface area (Å²) in [4.78, 5) is 15.0. The summed E-state index contributed by atoms with van der Waals surface area (Å²) in [5.74, 6) is 0. The second kappa shape index (κ2) is 7.35. The molecule has 0 saturated carbocycles. The van der Waals surface area contributed by atoms with Crippen LogP contribution >= 0.6 is 34.5 Å².